The van der Waals surface area contributed by atoms with E-state index in [2.05, 4.69) is 27.5 Å². The van der Waals surface area contributed by atoms with E-state index in [1.807, 2.05) is 24.3 Å². The molecule has 4 N–H and O–H groups in total. The number of anilines is 3. The number of amides is 2. The SMILES string of the molecule is CN1CCN(c2nc3c(c(NCc4ccc(NC(N)=O)cc4)n2)CCCC3)CC1. The Labute approximate surface area is 171 Å². The predicted octanol–water partition coefficient (Wildman–Crippen LogP) is 2.21. The van der Waals surface area contributed by atoms with Crippen molar-refractivity contribution in [3.63, 3.8) is 0 Å². The number of hydrogen-bond acceptors (Lipinski definition) is 6. The fraction of sp³-hybridized carbons (Fsp3) is 0.476. The first-order valence-electron chi connectivity index (χ1n) is 10.3. The van der Waals surface area contributed by atoms with Crippen molar-refractivity contribution in [2.75, 3.05) is 48.8 Å². The third-order valence-electron chi connectivity index (χ3n) is 5.64. The summed E-state index contributed by atoms with van der Waals surface area (Å²) in [7, 11) is 2.16. The van der Waals surface area contributed by atoms with Gasteiger partial charge in [-0.1, -0.05) is 12.1 Å². The van der Waals surface area contributed by atoms with E-state index in [0.717, 1.165) is 56.4 Å². The van der Waals surface area contributed by atoms with Crippen molar-refractivity contribution in [1.82, 2.24) is 14.9 Å². The predicted molar refractivity (Wildman–Crippen MR) is 115 cm³/mol. The molecule has 0 radical (unpaired) electrons. The van der Waals surface area contributed by atoms with Gasteiger partial charge in [0.15, 0.2) is 0 Å². The number of primary amides is 1. The number of hydrogen-bond donors (Lipinski definition) is 3. The second kappa shape index (κ2) is 8.65. The Morgan fingerprint density at radius 1 is 1.07 bits per heavy atom. The van der Waals surface area contributed by atoms with Crippen LogP contribution in [0.2, 0.25) is 0 Å². The Morgan fingerprint density at radius 3 is 2.52 bits per heavy atom. The van der Waals surface area contributed by atoms with Crippen LogP contribution >= 0.6 is 0 Å². The molecule has 0 bridgehead atoms. The number of piperazine rings is 1. The van der Waals surface area contributed by atoms with Gasteiger partial charge in [-0.3, -0.25) is 0 Å². The molecule has 1 aliphatic carbocycles. The molecule has 1 aliphatic heterocycles. The van der Waals surface area contributed by atoms with Crippen LogP contribution in [0.25, 0.3) is 0 Å². The molecule has 1 saturated heterocycles. The van der Waals surface area contributed by atoms with Gasteiger partial charge in [0.1, 0.15) is 5.82 Å². The number of likely N-dealkylation sites (N-methyl/N-ethyl adjacent to an activating group) is 1. The summed E-state index contributed by atoms with van der Waals surface area (Å²) in [6.45, 7) is 4.67. The number of nitrogens with two attached hydrogens (primary N) is 1. The Hall–Kier alpha value is -2.87. The van der Waals surface area contributed by atoms with Crippen molar-refractivity contribution in [2.45, 2.75) is 32.2 Å². The third-order valence-corrected chi connectivity index (χ3v) is 5.64. The average molecular weight is 396 g/mol. The van der Waals surface area contributed by atoms with Crippen LogP contribution in [0.5, 0.6) is 0 Å². The lowest BCUT2D eigenvalue weighted by molar-refractivity contribution is 0.259. The van der Waals surface area contributed by atoms with E-state index >= 15 is 0 Å². The van der Waals surface area contributed by atoms with Crippen molar-refractivity contribution in [3.05, 3.63) is 41.1 Å². The van der Waals surface area contributed by atoms with E-state index < -0.39 is 6.03 Å². The molecule has 0 unspecified atom stereocenters. The van der Waals surface area contributed by atoms with Gasteiger partial charge in [-0.15, -0.1) is 0 Å². The minimum absolute atomic E-state index is 0.556. The number of carbonyl (C=O) groups excluding carboxylic acids is 1. The average Bonchev–Trinajstić information content (AvgIpc) is 2.73. The van der Waals surface area contributed by atoms with Crippen LogP contribution in [0, 0.1) is 0 Å². The van der Waals surface area contributed by atoms with Crippen molar-refractivity contribution in [2.24, 2.45) is 5.73 Å². The first-order valence-corrected chi connectivity index (χ1v) is 10.3. The van der Waals surface area contributed by atoms with Gasteiger partial charge in [0.05, 0.1) is 5.69 Å². The molecule has 1 aromatic heterocycles. The van der Waals surface area contributed by atoms with Crippen LogP contribution in [-0.4, -0.2) is 54.1 Å². The van der Waals surface area contributed by atoms with Crippen molar-refractivity contribution >= 4 is 23.5 Å². The number of aromatic nitrogens is 2. The van der Waals surface area contributed by atoms with Crippen LogP contribution in [0.15, 0.2) is 24.3 Å². The summed E-state index contributed by atoms with van der Waals surface area (Å²) >= 11 is 0. The highest BCUT2D eigenvalue weighted by atomic mass is 16.2. The molecular weight excluding hydrogens is 366 g/mol. The highest BCUT2D eigenvalue weighted by Crippen LogP contribution is 2.28. The molecule has 0 saturated carbocycles. The molecule has 2 aromatic rings. The molecule has 2 amide bonds. The minimum atomic E-state index is -0.556. The van der Waals surface area contributed by atoms with E-state index in [1.165, 1.54) is 24.1 Å². The lowest BCUT2D eigenvalue weighted by Crippen LogP contribution is -2.45. The summed E-state index contributed by atoms with van der Waals surface area (Å²) in [6.07, 6.45) is 4.44. The molecule has 2 aliphatic rings. The molecule has 8 nitrogen and oxygen atoms in total. The maximum atomic E-state index is 11.0. The first kappa shape index (κ1) is 19.4. The zero-order valence-corrected chi connectivity index (χ0v) is 16.9. The number of urea groups is 1. The molecule has 4 rings (SSSR count). The van der Waals surface area contributed by atoms with Crippen LogP contribution < -0.4 is 21.3 Å². The van der Waals surface area contributed by atoms with Crippen LogP contribution in [-0.2, 0) is 19.4 Å². The molecule has 8 heteroatoms. The summed E-state index contributed by atoms with van der Waals surface area (Å²) in [6, 6.07) is 7.11. The molecule has 29 heavy (non-hydrogen) atoms. The van der Waals surface area contributed by atoms with Gasteiger partial charge in [0.25, 0.3) is 0 Å². The summed E-state index contributed by atoms with van der Waals surface area (Å²) in [4.78, 5) is 25.4. The van der Waals surface area contributed by atoms with Gasteiger partial charge in [-0.05, 0) is 50.4 Å². The molecule has 1 aromatic carbocycles. The van der Waals surface area contributed by atoms with Crippen molar-refractivity contribution < 1.29 is 4.79 Å². The van der Waals surface area contributed by atoms with Gasteiger partial charge in [0.2, 0.25) is 5.95 Å². The van der Waals surface area contributed by atoms with Gasteiger partial charge < -0.3 is 26.2 Å². The van der Waals surface area contributed by atoms with E-state index in [4.69, 9.17) is 15.7 Å². The Bertz CT molecular complexity index is 860. The number of rotatable bonds is 5. The van der Waals surface area contributed by atoms with E-state index in [9.17, 15) is 4.79 Å². The number of aryl methyl sites for hydroxylation is 1. The maximum Gasteiger partial charge on any atom is 0.316 e. The van der Waals surface area contributed by atoms with Crippen molar-refractivity contribution in [1.29, 1.82) is 0 Å². The fourth-order valence-electron chi connectivity index (χ4n) is 3.91. The van der Waals surface area contributed by atoms with Gasteiger partial charge in [-0.25, -0.2) is 9.78 Å². The highest BCUT2D eigenvalue weighted by Gasteiger charge is 2.22. The number of benzene rings is 1. The largest absolute Gasteiger partial charge is 0.366 e. The summed E-state index contributed by atoms with van der Waals surface area (Å²) in [5, 5.41) is 6.12. The van der Waals surface area contributed by atoms with E-state index in [-0.39, 0.29) is 0 Å². The zero-order valence-electron chi connectivity index (χ0n) is 16.9. The fourth-order valence-corrected chi connectivity index (χ4v) is 3.91. The lowest BCUT2D eigenvalue weighted by Gasteiger charge is -2.33. The van der Waals surface area contributed by atoms with Gasteiger partial charge in [-0.2, -0.15) is 4.98 Å². The second-order valence-electron chi connectivity index (χ2n) is 7.83. The maximum absolute atomic E-state index is 11.0. The molecule has 1 fully saturated rings. The first-order chi connectivity index (χ1) is 14.1. The Kier molecular flexibility index (Phi) is 5.80. The molecule has 2 heterocycles. The third kappa shape index (κ3) is 4.76. The smallest absolute Gasteiger partial charge is 0.316 e. The molecule has 154 valence electrons. The monoisotopic (exact) mass is 395 g/mol. The number of nitrogens with one attached hydrogen (secondary N) is 2. The minimum Gasteiger partial charge on any atom is -0.366 e. The summed E-state index contributed by atoms with van der Waals surface area (Å²) < 4.78 is 0. The van der Waals surface area contributed by atoms with Gasteiger partial charge >= 0.3 is 6.03 Å². The summed E-state index contributed by atoms with van der Waals surface area (Å²) in [5.41, 5.74) is 9.43. The van der Waals surface area contributed by atoms with Crippen LogP contribution in [0.3, 0.4) is 0 Å². The summed E-state index contributed by atoms with van der Waals surface area (Å²) in [5.74, 6) is 1.81. The second-order valence-corrected chi connectivity index (χ2v) is 7.83. The zero-order chi connectivity index (χ0) is 20.2. The lowest BCUT2D eigenvalue weighted by atomic mass is 9.96. The standard InChI is InChI=1S/C21H29N7O/c1-27-10-12-28(13-11-27)21-25-18-5-3-2-4-17(18)19(26-21)23-14-15-6-8-16(9-7-15)24-20(22)29/h6-9H,2-5,10-14H2,1H3,(H3,22,24,29)(H,23,25,26). The van der Waals surface area contributed by atoms with Crippen molar-refractivity contribution in [3.8, 4) is 0 Å². The molecule has 0 spiro atoms. The van der Waals surface area contributed by atoms with E-state index in [0.29, 0.717) is 12.2 Å². The molecule has 0 atom stereocenters. The normalized spacial score (nSPS) is 16.9. The Morgan fingerprint density at radius 2 is 1.79 bits per heavy atom. The Balaban J connectivity index is 1.51. The van der Waals surface area contributed by atoms with Crippen LogP contribution in [0.4, 0.5) is 22.2 Å². The topological polar surface area (TPSA) is 99.4 Å². The number of carbonyl (C=O) groups is 1. The number of fused-ring (bicyclic) bond motifs is 1. The van der Waals surface area contributed by atoms with E-state index in [1.54, 1.807) is 0 Å². The molecular formula is C21H29N7O. The highest BCUT2D eigenvalue weighted by molar-refractivity contribution is 5.87. The van der Waals surface area contributed by atoms with Gasteiger partial charge in [0, 0.05) is 44.0 Å². The van der Waals surface area contributed by atoms with Crippen LogP contribution in [0.1, 0.15) is 29.7 Å². The number of nitrogens with zero attached hydrogens (tertiary/aromatic N) is 4. The quantitative estimate of drug-likeness (QED) is 0.718.